The summed E-state index contributed by atoms with van der Waals surface area (Å²) in [7, 11) is 0. The van der Waals surface area contributed by atoms with Gasteiger partial charge in [-0.3, -0.25) is 10.1 Å². The summed E-state index contributed by atoms with van der Waals surface area (Å²) in [5.41, 5.74) is 1.68. The molecule has 0 unspecified atom stereocenters. The van der Waals surface area contributed by atoms with Gasteiger partial charge < -0.3 is 9.80 Å². The van der Waals surface area contributed by atoms with Gasteiger partial charge in [-0.2, -0.15) is 0 Å². The van der Waals surface area contributed by atoms with E-state index in [0.29, 0.717) is 12.4 Å². The maximum absolute atomic E-state index is 11.8. The Hall–Kier alpha value is -3.06. The predicted molar refractivity (Wildman–Crippen MR) is 127 cm³/mol. The number of hydrogen-bond donors (Lipinski definition) is 1. The Bertz CT molecular complexity index is 1010. The zero-order chi connectivity index (χ0) is 20.9. The highest BCUT2D eigenvalue weighted by Gasteiger charge is 2.20. The van der Waals surface area contributed by atoms with Crippen LogP contribution < -0.4 is 10.2 Å². The third kappa shape index (κ3) is 5.17. The Morgan fingerprint density at radius 2 is 1.77 bits per heavy atom. The molecule has 1 aliphatic rings. The first-order valence-electron chi connectivity index (χ1n) is 10.7. The normalized spacial score (nSPS) is 14.3. The second-order valence-electron chi connectivity index (χ2n) is 7.57. The van der Waals surface area contributed by atoms with Crippen LogP contribution in [0.15, 0.2) is 42.7 Å². The molecule has 7 heteroatoms. The third-order valence-electron chi connectivity index (χ3n) is 5.52. The highest BCUT2D eigenvalue weighted by atomic mass is 16.1. The lowest BCUT2D eigenvalue weighted by Gasteiger charge is -2.35. The van der Waals surface area contributed by atoms with E-state index < -0.39 is 0 Å². The van der Waals surface area contributed by atoms with E-state index in [9.17, 15) is 4.79 Å². The molecule has 0 atom stereocenters. The van der Waals surface area contributed by atoms with Gasteiger partial charge >= 0.3 is 0 Å². The lowest BCUT2D eigenvalue weighted by molar-refractivity contribution is -0.116. The number of fused-ring (bicyclic) bond motifs is 1. The van der Waals surface area contributed by atoms with Crippen LogP contribution in [0.5, 0.6) is 0 Å². The summed E-state index contributed by atoms with van der Waals surface area (Å²) < 4.78 is 0. The van der Waals surface area contributed by atoms with Crippen molar-refractivity contribution in [3.05, 3.63) is 42.7 Å². The molecule has 1 saturated heterocycles. The quantitative estimate of drug-likeness (QED) is 0.644. The number of nitrogens with one attached hydrogen (secondary N) is 1. The standard InChI is InChI=1S/C23H28N6O.CH4/c1-3-7-21(30)27-23-24-15-18(16-25-23)20-14-17-8-5-6-9-19(17)22(26-20)29-12-10-28(4-2)11-13-29;/h5-6,8-9,14-16H,3-4,7,10-13H2,1-2H3,(H,24,25,27,30);1H4. The van der Waals surface area contributed by atoms with E-state index in [0.717, 1.165) is 67.0 Å². The van der Waals surface area contributed by atoms with E-state index in [1.165, 1.54) is 0 Å². The fraction of sp³-hybridized carbons (Fsp3) is 0.417. The Kier molecular flexibility index (Phi) is 7.52. The second kappa shape index (κ2) is 10.3. The van der Waals surface area contributed by atoms with E-state index in [2.05, 4.69) is 56.3 Å². The van der Waals surface area contributed by atoms with Gasteiger partial charge in [0.05, 0.1) is 5.69 Å². The molecule has 1 N–H and O–H groups in total. The molecule has 1 aliphatic heterocycles. The van der Waals surface area contributed by atoms with Crippen molar-refractivity contribution in [3.8, 4) is 11.3 Å². The lowest BCUT2D eigenvalue weighted by Crippen LogP contribution is -2.46. The summed E-state index contributed by atoms with van der Waals surface area (Å²) in [5, 5.41) is 5.04. The SMILES string of the molecule is C.CCCC(=O)Nc1ncc(-c2cc3ccccc3c(N3CCN(CC)CC3)n2)cn1. The molecule has 4 rings (SSSR count). The molecule has 0 radical (unpaired) electrons. The number of likely N-dealkylation sites (N-methyl/N-ethyl adjacent to an activating group) is 1. The van der Waals surface area contributed by atoms with Gasteiger partial charge in [0, 0.05) is 55.9 Å². The minimum atomic E-state index is -0.0670. The van der Waals surface area contributed by atoms with Crippen LogP contribution >= 0.6 is 0 Å². The van der Waals surface area contributed by atoms with E-state index in [1.807, 2.05) is 13.0 Å². The summed E-state index contributed by atoms with van der Waals surface area (Å²) in [4.78, 5) is 30.2. The van der Waals surface area contributed by atoms with Crippen LogP contribution in [0.3, 0.4) is 0 Å². The van der Waals surface area contributed by atoms with Gasteiger partial charge in [-0.1, -0.05) is 45.5 Å². The summed E-state index contributed by atoms with van der Waals surface area (Å²) >= 11 is 0. The molecule has 1 aromatic carbocycles. The molecule has 164 valence electrons. The highest BCUT2D eigenvalue weighted by Crippen LogP contribution is 2.30. The van der Waals surface area contributed by atoms with Crippen molar-refractivity contribution < 1.29 is 4.79 Å². The summed E-state index contributed by atoms with van der Waals surface area (Å²) in [6.45, 7) is 9.28. The number of nitrogens with zero attached hydrogens (tertiary/aromatic N) is 5. The van der Waals surface area contributed by atoms with Crippen molar-refractivity contribution in [2.45, 2.75) is 34.1 Å². The van der Waals surface area contributed by atoms with Crippen LogP contribution in [0.4, 0.5) is 11.8 Å². The van der Waals surface area contributed by atoms with Gasteiger partial charge in [0.2, 0.25) is 11.9 Å². The number of aromatic nitrogens is 3. The first kappa shape index (κ1) is 22.6. The maximum atomic E-state index is 11.8. The average Bonchev–Trinajstić information content (AvgIpc) is 2.79. The van der Waals surface area contributed by atoms with Crippen molar-refractivity contribution in [2.75, 3.05) is 42.9 Å². The van der Waals surface area contributed by atoms with Gasteiger partial charge in [0.25, 0.3) is 0 Å². The smallest absolute Gasteiger partial charge is 0.229 e. The van der Waals surface area contributed by atoms with Gasteiger partial charge in [-0.25, -0.2) is 15.0 Å². The second-order valence-corrected chi connectivity index (χ2v) is 7.57. The van der Waals surface area contributed by atoms with Gasteiger partial charge in [-0.15, -0.1) is 0 Å². The number of carbonyl (C=O) groups is 1. The molecule has 7 nitrogen and oxygen atoms in total. The minimum absolute atomic E-state index is 0. The van der Waals surface area contributed by atoms with Crippen LogP contribution in [0.1, 0.15) is 34.1 Å². The van der Waals surface area contributed by atoms with Crippen molar-refractivity contribution in [1.29, 1.82) is 0 Å². The number of benzene rings is 1. The Labute approximate surface area is 184 Å². The van der Waals surface area contributed by atoms with Crippen molar-refractivity contribution >= 4 is 28.4 Å². The van der Waals surface area contributed by atoms with Crippen LogP contribution in [-0.2, 0) is 4.79 Å². The molecule has 0 spiro atoms. The molecule has 1 fully saturated rings. The molecule has 2 aromatic heterocycles. The Morgan fingerprint density at radius 1 is 1.06 bits per heavy atom. The largest absolute Gasteiger partial charge is 0.354 e. The monoisotopic (exact) mass is 420 g/mol. The number of piperazine rings is 1. The molecule has 3 aromatic rings. The van der Waals surface area contributed by atoms with Crippen molar-refractivity contribution in [3.63, 3.8) is 0 Å². The molecular weight excluding hydrogens is 388 g/mol. The first-order chi connectivity index (χ1) is 14.7. The number of rotatable bonds is 6. The first-order valence-corrected chi connectivity index (χ1v) is 10.7. The van der Waals surface area contributed by atoms with Crippen molar-refractivity contribution in [2.24, 2.45) is 0 Å². The molecule has 0 bridgehead atoms. The predicted octanol–water partition coefficient (Wildman–Crippen LogP) is 4.21. The molecule has 1 amide bonds. The number of pyridine rings is 1. The molecule has 0 aliphatic carbocycles. The summed E-state index contributed by atoms with van der Waals surface area (Å²) in [6.07, 6.45) is 4.71. The molecule has 0 saturated carbocycles. The van der Waals surface area contributed by atoms with Crippen LogP contribution in [0, 0.1) is 0 Å². The molecule has 31 heavy (non-hydrogen) atoms. The number of hydrogen-bond acceptors (Lipinski definition) is 6. The summed E-state index contributed by atoms with van der Waals surface area (Å²) in [6, 6.07) is 10.4. The zero-order valence-corrected chi connectivity index (χ0v) is 17.6. The fourth-order valence-corrected chi connectivity index (χ4v) is 3.78. The van der Waals surface area contributed by atoms with Crippen LogP contribution in [0.25, 0.3) is 22.0 Å². The van der Waals surface area contributed by atoms with E-state index in [4.69, 9.17) is 4.98 Å². The van der Waals surface area contributed by atoms with Crippen LogP contribution in [-0.4, -0.2) is 58.5 Å². The Morgan fingerprint density at radius 3 is 2.45 bits per heavy atom. The average molecular weight is 421 g/mol. The fourth-order valence-electron chi connectivity index (χ4n) is 3.78. The highest BCUT2D eigenvalue weighted by molar-refractivity contribution is 5.95. The van der Waals surface area contributed by atoms with Crippen LogP contribution in [0.2, 0.25) is 0 Å². The number of carbonyl (C=O) groups excluding carboxylic acids is 1. The van der Waals surface area contributed by atoms with E-state index >= 15 is 0 Å². The summed E-state index contributed by atoms with van der Waals surface area (Å²) in [5.74, 6) is 1.27. The Balaban J connectivity index is 0.00000272. The third-order valence-corrected chi connectivity index (χ3v) is 5.52. The zero-order valence-electron chi connectivity index (χ0n) is 17.6. The molecular formula is C24H32N6O. The number of anilines is 2. The van der Waals surface area contributed by atoms with Gasteiger partial charge in [-0.05, 0) is 24.4 Å². The van der Waals surface area contributed by atoms with E-state index in [1.54, 1.807) is 12.4 Å². The van der Waals surface area contributed by atoms with E-state index in [-0.39, 0.29) is 13.3 Å². The van der Waals surface area contributed by atoms with Gasteiger partial charge in [0.1, 0.15) is 5.82 Å². The maximum Gasteiger partial charge on any atom is 0.229 e. The number of amides is 1. The lowest BCUT2D eigenvalue weighted by atomic mass is 10.1. The minimum Gasteiger partial charge on any atom is -0.354 e. The molecule has 3 heterocycles. The van der Waals surface area contributed by atoms with Gasteiger partial charge in [0.15, 0.2) is 0 Å². The topological polar surface area (TPSA) is 74.2 Å². The van der Waals surface area contributed by atoms with Crippen molar-refractivity contribution in [1.82, 2.24) is 19.9 Å².